The summed E-state index contributed by atoms with van der Waals surface area (Å²) in [7, 11) is 0. The highest BCUT2D eigenvalue weighted by atomic mass is 35.5. The molecule has 1 aromatic rings. The van der Waals surface area contributed by atoms with Gasteiger partial charge in [-0.1, -0.05) is 29.3 Å². The van der Waals surface area contributed by atoms with Crippen molar-refractivity contribution >= 4 is 17.6 Å². The average molecular weight is 337 g/mol. The van der Waals surface area contributed by atoms with Crippen molar-refractivity contribution in [3.8, 4) is 0 Å². The van der Waals surface area contributed by atoms with E-state index < -0.39 is 0 Å². The van der Waals surface area contributed by atoms with E-state index in [1.807, 2.05) is 18.3 Å². The van der Waals surface area contributed by atoms with Crippen molar-refractivity contribution in [2.75, 3.05) is 32.8 Å². The van der Waals surface area contributed by atoms with Gasteiger partial charge in [-0.2, -0.15) is 0 Å². The van der Waals surface area contributed by atoms with E-state index in [0.717, 1.165) is 63.6 Å². The highest BCUT2D eigenvalue weighted by molar-refractivity contribution is 6.29. The van der Waals surface area contributed by atoms with Gasteiger partial charge in [0.25, 0.3) is 0 Å². The van der Waals surface area contributed by atoms with Crippen molar-refractivity contribution in [2.24, 2.45) is 4.99 Å². The molecule has 126 valence electrons. The summed E-state index contributed by atoms with van der Waals surface area (Å²) >= 11 is 5.79. The van der Waals surface area contributed by atoms with Crippen LogP contribution in [-0.4, -0.2) is 43.8 Å². The summed E-state index contributed by atoms with van der Waals surface area (Å²) < 4.78 is 5.32. The fourth-order valence-electron chi connectivity index (χ4n) is 2.33. The van der Waals surface area contributed by atoms with Crippen LogP contribution in [0.15, 0.2) is 35.0 Å². The van der Waals surface area contributed by atoms with Crippen molar-refractivity contribution in [1.82, 2.24) is 15.6 Å². The van der Waals surface area contributed by atoms with Crippen LogP contribution in [0.25, 0.3) is 0 Å². The lowest BCUT2D eigenvalue weighted by atomic mass is 10.1. The Morgan fingerprint density at radius 1 is 1.35 bits per heavy atom. The third kappa shape index (κ3) is 7.01. The summed E-state index contributed by atoms with van der Waals surface area (Å²) in [5.41, 5.74) is 2.60. The van der Waals surface area contributed by atoms with Gasteiger partial charge in [-0.05, 0) is 37.8 Å². The number of guanidine groups is 1. The molecule has 0 amide bonds. The second-order valence-electron chi connectivity index (χ2n) is 5.36. The maximum atomic E-state index is 5.79. The molecule has 2 heterocycles. The van der Waals surface area contributed by atoms with Gasteiger partial charge >= 0.3 is 0 Å². The molecule has 0 saturated carbocycles. The van der Waals surface area contributed by atoms with Gasteiger partial charge in [0, 0.05) is 25.8 Å². The second kappa shape index (κ2) is 10.2. The van der Waals surface area contributed by atoms with Gasteiger partial charge in [0.1, 0.15) is 5.15 Å². The first-order valence-corrected chi connectivity index (χ1v) is 8.54. The molecule has 1 aliphatic heterocycles. The van der Waals surface area contributed by atoms with Crippen molar-refractivity contribution < 1.29 is 4.74 Å². The summed E-state index contributed by atoms with van der Waals surface area (Å²) in [6.07, 6.45) is 6.90. The van der Waals surface area contributed by atoms with Gasteiger partial charge in [-0.15, -0.1) is 0 Å². The molecule has 1 aromatic heterocycles. The van der Waals surface area contributed by atoms with Crippen molar-refractivity contribution in [2.45, 2.75) is 26.2 Å². The standard InChI is InChI=1S/C17H25ClN4O/c1-2-19-17(20-9-5-14-7-11-23-12-8-14)21-10-6-15-3-4-16(18)22-13-15/h3-4,7,13H,2,5-6,8-12H2,1H3,(H2,19,20,21). The first kappa shape index (κ1) is 17.8. The average Bonchev–Trinajstić information content (AvgIpc) is 2.58. The van der Waals surface area contributed by atoms with E-state index in [2.05, 4.69) is 33.6 Å². The molecule has 0 atom stereocenters. The number of halogens is 1. The minimum atomic E-state index is 0.527. The Balaban J connectivity index is 1.74. The molecule has 6 heteroatoms. The molecular weight excluding hydrogens is 312 g/mol. The Kier molecular flexibility index (Phi) is 7.90. The Hall–Kier alpha value is -1.59. The Morgan fingerprint density at radius 3 is 2.96 bits per heavy atom. The number of hydrogen-bond acceptors (Lipinski definition) is 3. The van der Waals surface area contributed by atoms with Gasteiger partial charge in [0.15, 0.2) is 5.96 Å². The number of pyridine rings is 1. The normalized spacial score (nSPS) is 15.2. The second-order valence-corrected chi connectivity index (χ2v) is 5.75. The zero-order chi connectivity index (χ0) is 16.3. The summed E-state index contributed by atoms with van der Waals surface area (Å²) in [4.78, 5) is 8.72. The van der Waals surface area contributed by atoms with Crippen LogP contribution in [0.1, 0.15) is 25.3 Å². The molecule has 23 heavy (non-hydrogen) atoms. The molecule has 0 bridgehead atoms. The van der Waals surface area contributed by atoms with Crippen LogP contribution in [-0.2, 0) is 11.2 Å². The largest absolute Gasteiger partial charge is 0.377 e. The van der Waals surface area contributed by atoms with E-state index in [1.165, 1.54) is 5.57 Å². The van der Waals surface area contributed by atoms with Crippen LogP contribution < -0.4 is 10.6 Å². The Labute approximate surface area is 143 Å². The zero-order valence-electron chi connectivity index (χ0n) is 13.6. The third-order valence-electron chi connectivity index (χ3n) is 3.60. The topological polar surface area (TPSA) is 58.5 Å². The van der Waals surface area contributed by atoms with Crippen LogP contribution in [0.3, 0.4) is 0 Å². The molecule has 0 aromatic carbocycles. The molecule has 0 aliphatic carbocycles. The highest BCUT2D eigenvalue weighted by Crippen LogP contribution is 2.11. The fourth-order valence-corrected chi connectivity index (χ4v) is 2.44. The highest BCUT2D eigenvalue weighted by Gasteiger charge is 2.03. The van der Waals surface area contributed by atoms with Gasteiger partial charge in [-0.25, -0.2) is 4.98 Å². The van der Waals surface area contributed by atoms with E-state index in [4.69, 9.17) is 16.3 Å². The van der Waals surface area contributed by atoms with Gasteiger partial charge in [0.2, 0.25) is 0 Å². The molecule has 2 rings (SSSR count). The lowest BCUT2D eigenvalue weighted by Crippen LogP contribution is -2.38. The molecule has 1 aliphatic rings. The summed E-state index contributed by atoms with van der Waals surface area (Å²) in [6.45, 7) is 6.11. The minimum absolute atomic E-state index is 0.527. The minimum Gasteiger partial charge on any atom is -0.377 e. The molecule has 0 fully saturated rings. The SMILES string of the molecule is CCNC(=NCCC1=CCOCC1)NCCc1ccc(Cl)nc1. The fraction of sp³-hybridized carbons (Fsp3) is 0.529. The van der Waals surface area contributed by atoms with E-state index >= 15 is 0 Å². The van der Waals surface area contributed by atoms with Gasteiger partial charge < -0.3 is 15.4 Å². The molecule has 0 saturated heterocycles. The lowest BCUT2D eigenvalue weighted by Gasteiger charge is -2.14. The first-order chi connectivity index (χ1) is 11.3. The number of hydrogen-bond donors (Lipinski definition) is 2. The quantitative estimate of drug-likeness (QED) is 0.348. The number of nitrogens with one attached hydrogen (secondary N) is 2. The van der Waals surface area contributed by atoms with E-state index in [1.54, 1.807) is 0 Å². The number of rotatable bonds is 7. The summed E-state index contributed by atoms with van der Waals surface area (Å²) in [5, 5.41) is 7.16. The van der Waals surface area contributed by atoms with Gasteiger partial charge in [0.05, 0.1) is 13.2 Å². The van der Waals surface area contributed by atoms with Crippen molar-refractivity contribution in [1.29, 1.82) is 0 Å². The molecule has 0 spiro atoms. The molecule has 0 radical (unpaired) electrons. The van der Waals surface area contributed by atoms with E-state index in [0.29, 0.717) is 5.15 Å². The van der Waals surface area contributed by atoms with Crippen LogP contribution in [0.5, 0.6) is 0 Å². The van der Waals surface area contributed by atoms with E-state index in [-0.39, 0.29) is 0 Å². The zero-order valence-corrected chi connectivity index (χ0v) is 14.4. The monoisotopic (exact) mass is 336 g/mol. The predicted molar refractivity (Wildman–Crippen MR) is 95.1 cm³/mol. The van der Waals surface area contributed by atoms with Crippen LogP contribution in [0, 0.1) is 0 Å². The smallest absolute Gasteiger partial charge is 0.191 e. The maximum Gasteiger partial charge on any atom is 0.191 e. The maximum absolute atomic E-state index is 5.79. The van der Waals surface area contributed by atoms with Crippen LogP contribution in [0.4, 0.5) is 0 Å². The van der Waals surface area contributed by atoms with Crippen molar-refractivity contribution in [3.05, 3.63) is 40.7 Å². The Morgan fingerprint density at radius 2 is 2.26 bits per heavy atom. The summed E-state index contributed by atoms with van der Waals surface area (Å²) in [6, 6.07) is 3.82. The number of nitrogens with zero attached hydrogens (tertiary/aromatic N) is 2. The number of aliphatic imine (C=N–C) groups is 1. The number of ether oxygens (including phenoxy) is 1. The van der Waals surface area contributed by atoms with Crippen LogP contribution in [0.2, 0.25) is 5.15 Å². The first-order valence-electron chi connectivity index (χ1n) is 8.16. The predicted octanol–water partition coefficient (Wildman–Crippen LogP) is 2.57. The van der Waals surface area contributed by atoms with Gasteiger partial charge in [-0.3, -0.25) is 4.99 Å². The van der Waals surface area contributed by atoms with Crippen LogP contribution >= 0.6 is 11.6 Å². The summed E-state index contributed by atoms with van der Waals surface area (Å²) in [5.74, 6) is 0.863. The molecule has 5 nitrogen and oxygen atoms in total. The third-order valence-corrected chi connectivity index (χ3v) is 3.82. The van der Waals surface area contributed by atoms with Crippen molar-refractivity contribution in [3.63, 3.8) is 0 Å². The molecular formula is C17H25ClN4O. The van der Waals surface area contributed by atoms with E-state index in [9.17, 15) is 0 Å². The molecule has 0 unspecified atom stereocenters. The number of aromatic nitrogens is 1. The molecule has 2 N–H and O–H groups in total. The Bertz CT molecular complexity index is 528. The lowest BCUT2D eigenvalue weighted by molar-refractivity contribution is 0.153.